The number of hydrogen-bond donors (Lipinski definition) is 0. The van der Waals surface area contributed by atoms with Crippen molar-refractivity contribution in [3.05, 3.63) is 45.4 Å². The molecule has 1 aromatic rings. The molecular weight excluding hydrogens is 292 g/mol. The Morgan fingerprint density at radius 1 is 1.31 bits per heavy atom. The Labute approximate surface area is 96.3 Å². The van der Waals surface area contributed by atoms with Crippen molar-refractivity contribution in [3.8, 4) is 0 Å². The molecule has 0 radical (unpaired) electrons. The molecule has 0 N–H and O–H groups in total. The van der Waals surface area contributed by atoms with Crippen molar-refractivity contribution in [3.63, 3.8) is 0 Å². The van der Waals surface area contributed by atoms with Crippen LogP contribution in [0.25, 0.3) is 0 Å². The first kappa shape index (κ1) is 11.0. The van der Waals surface area contributed by atoms with Crippen LogP contribution in [-0.4, -0.2) is 0 Å². The monoisotopic (exact) mass is 302 g/mol. The molecule has 13 heavy (non-hydrogen) atoms. The SMILES string of the molecule is CCC(C=C(Br)Br)c1ccccc1. The summed E-state index contributed by atoms with van der Waals surface area (Å²) >= 11 is 6.78. The van der Waals surface area contributed by atoms with Crippen LogP contribution >= 0.6 is 31.9 Å². The second kappa shape index (κ2) is 5.61. The van der Waals surface area contributed by atoms with E-state index in [1.807, 2.05) is 6.07 Å². The molecule has 1 atom stereocenters. The Bertz CT molecular complexity index is 273. The lowest BCUT2D eigenvalue weighted by Crippen LogP contribution is -1.92. The summed E-state index contributed by atoms with van der Waals surface area (Å²) in [6, 6.07) is 10.5. The van der Waals surface area contributed by atoms with Crippen molar-refractivity contribution in [2.24, 2.45) is 0 Å². The molecule has 1 rings (SSSR count). The van der Waals surface area contributed by atoms with Crippen molar-refractivity contribution in [1.82, 2.24) is 0 Å². The maximum absolute atomic E-state index is 3.39. The van der Waals surface area contributed by atoms with Gasteiger partial charge in [-0.25, -0.2) is 0 Å². The minimum atomic E-state index is 0.495. The maximum atomic E-state index is 3.39. The van der Waals surface area contributed by atoms with Crippen LogP contribution in [0.4, 0.5) is 0 Å². The Hall–Kier alpha value is -0.0800. The van der Waals surface area contributed by atoms with Crippen molar-refractivity contribution in [2.75, 3.05) is 0 Å². The summed E-state index contributed by atoms with van der Waals surface area (Å²) in [4.78, 5) is 0. The number of halogens is 2. The summed E-state index contributed by atoms with van der Waals surface area (Å²) in [5, 5.41) is 0. The number of rotatable bonds is 3. The van der Waals surface area contributed by atoms with Gasteiger partial charge in [-0.15, -0.1) is 0 Å². The topological polar surface area (TPSA) is 0 Å². The highest BCUT2D eigenvalue weighted by atomic mass is 79.9. The average molecular weight is 304 g/mol. The summed E-state index contributed by atoms with van der Waals surface area (Å²) in [5.74, 6) is 0.495. The third-order valence-corrected chi connectivity index (χ3v) is 2.52. The molecule has 0 nitrogen and oxygen atoms in total. The van der Waals surface area contributed by atoms with Gasteiger partial charge in [0, 0.05) is 5.92 Å². The summed E-state index contributed by atoms with van der Waals surface area (Å²) in [5.41, 5.74) is 1.36. The number of benzene rings is 1. The van der Waals surface area contributed by atoms with Crippen molar-refractivity contribution >= 4 is 31.9 Å². The van der Waals surface area contributed by atoms with Gasteiger partial charge in [0.25, 0.3) is 0 Å². The largest absolute Gasteiger partial charge is 0.0645 e. The molecule has 0 saturated carbocycles. The zero-order valence-corrected chi connectivity index (χ0v) is 10.7. The fourth-order valence-corrected chi connectivity index (χ4v) is 1.94. The predicted octanol–water partition coefficient (Wildman–Crippen LogP) is 4.81. The standard InChI is InChI=1S/C11H12Br2/c1-2-9(8-11(12)13)10-6-4-3-5-7-10/h3-9H,2H2,1H3. The molecule has 0 aliphatic carbocycles. The molecule has 0 amide bonds. The van der Waals surface area contributed by atoms with Crippen LogP contribution < -0.4 is 0 Å². The molecule has 0 spiro atoms. The summed E-state index contributed by atoms with van der Waals surface area (Å²) in [6.45, 7) is 2.19. The molecule has 0 aromatic heterocycles. The van der Waals surface area contributed by atoms with E-state index in [-0.39, 0.29) is 0 Å². The lowest BCUT2D eigenvalue weighted by atomic mass is 9.97. The van der Waals surface area contributed by atoms with Crippen molar-refractivity contribution in [2.45, 2.75) is 19.3 Å². The van der Waals surface area contributed by atoms with Gasteiger partial charge >= 0.3 is 0 Å². The van der Waals surface area contributed by atoms with E-state index in [2.05, 4.69) is 69.1 Å². The average Bonchev–Trinajstić information content (AvgIpc) is 2.15. The zero-order chi connectivity index (χ0) is 9.68. The maximum Gasteiger partial charge on any atom is 0.0570 e. The highest BCUT2D eigenvalue weighted by Crippen LogP contribution is 2.26. The molecule has 0 saturated heterocycles. The van der Waals surface area contributed by atoms with Gasteiger partial charge in [-0.2, -0.15) is 0 Å². The van der Waals surface area contributed by atoms with Crippen LogP contribution in [0.2, 0.25) is 0 Å². The van der Waals surface area contributed by atoms with Crippen LogP contribution in [0.5, 0.6) is 0 Å². The quantitative estimate of drug-likeness (QED) is 0.751. The summed E-state index contributed by atoms with van der Waals surface area (Å²) in [6.07, 6.45) is 3.29. The van der Waals surface area contributed by atoms with Gasteiger partial charge in [0.15, 0.2) is 0 Å². The van der Waals surface area contributed by atoms with Gasteiger partial charge in [-0.05, 0) is 43.8 Å². The minimum Gasteiger partial charge on any atom is -0.0645 e. The van der Waals surface area contributed by atoms with E-state index in [4.69, 9.17) is 0 Å². The van der Waals surface area contributed by atoms with Crippen LogP contribution in [0.15, 0.2) is 39.8 Å². The van der Waals surface area contributed by atoms with E-state index >= 15 is 0 Å². The number of allylic oxidation sites excluding steroid dienone is 1. The van der Waals surface area contributed by atoms with E-state index in [0.29, 0.717) is 5.92 Å². The van der Waals surface area contributed by atoms with E-state index in [9.17, 15) is 0 Å². The van der Waals surface area contributed by atoms with Crippen molar-refractivity contribution < 1.29 is 0 Å². The molecule has 1 aromatic carbocycles. The van der Waals surface area contributed by atoms with Gasteiger partial charge in [0.05, 0.1) is 3.39 Å². The Morgan fingerprint density at radius 3 is 2.38 bits per heavy atom. The van der Waals surface area contributed by atoms with Gasteiger partial charge in [-0.3, -0.25) is 0 Å². The highest BCUT2D eigenvalue weighted by Gasteiger charge is 2.04. The number of hydrogen-bond acceptors (Lipinski definition) is 0. The van der Waals surface area contributed by atoms with Crippen molar-refractivity contribution in [1.29, 1.82) is 0 Å². The predicted molar refractivity (Wildman–Crippen MR) is 65.4 cm³/mol. The second-order valence-electron chi connectivity index (χ2n) is 2.88. The third-order valence-electron chi connectivity index (χ3n) is 1.99. The van der Waals surface area contributed by atoms with E-state index in [0.717, 1.165) is 9.81 Å². The van der Waals surface area contributed by atoms with Gasteiger partial charge in [0.2, 0.25) is 0 Å². The fourth-order valence-electron chi connectivity index (χ4n) is 1.30. The molecule has 0 bridgehead atoms. The minimum absolute atomic E-state index is 0.495. The highest BCUT2D eigenvalue weighted by molar-refractivity contribution is 9.28. The van der Waals surface area contributed by atoms with Crippen LogP contribution in [-0.2, 0) is 0 Å². The summed E-state index contributed by atoms with van der Waals surface area (Å²) in [7, 11) is 0. The molecule has 0 aliphatic heterocycles. The zero-order valence-electron chi connectivity index (χ0n) is 7.50. The van der Waals surface area contributed by atoms with E-state index in [1.165, 1.54) is 5.56 Å². The fraction of sp³-hybridized carbons (Fsp3) is 0.273. The molecular formula is C11H12Br2. The first-order chi connectivity index (χ1) is 6.24. The first-order valence-corrected chi connectivity index (χ1v) is 5.90. The van der Waals surface area contributed by atoms with Crippen LogP contribution in [0.3, 0.4) is 0 Å². The smallest absolute Gasteiger partial charge is 0.0570 e. The lowest BCUT2D eigenvalue weighted by Gasteiger charge is -2.09. The molecule has 2 heteroatoms. The van der Waals surface area contributed by atoms with Crippen LogP contribution in [0, 0.1) is 0 Å². The normalized spacial score (nSPS) is 12.2. The first-order valence-electron chi connectivity index (χ1n) is 4.31. The Kier molecular flexibility index (Phi) is 4.74. The molecule has 0 fully saturated rings. The third kappa shape index (κ3) is 3.65. The van der Waals surface area contributed by atoms with Gasteiger partial charge in [0.1, 0.15) is 0 Å². The van der Waals surface area contributed by atoms with Gasteiger partial charge in [-0.1, -0.05) is 43.3 Å². The summed E-state index contributed by atoms with van der Waals surface area (Å²) < 4.78 is 1.02. The Balaban J connectivity index is 2.85. The van der Waals surface area contributed by atoms with Crippen LogP contribution in [0.1, 0.15) is 24.8 Å². The molecule has 70 valence electrons. The lowest BCUT2D eigenvalue weighted by molar-refractivity contribution is 0.806. The van der Waals surface area contributed by atoms with E-state index in [1.54, 1.807) is 0 Å². The van der Waals surface area contributed by atoms with Gasteiger partial charge < -0.3 is 0 Å². The van der Waals surface area contributed by atoms with E-state index < -0.39 is 0 Å². The second-order valence-corrected chi connectivity index (χ2v) is 5.65. The Morgan fingerprint density at radius 2 is 1.92 bits per heavy atom. The molecule has 0 heterocycles. The molecule has 1 unspecified atom stereocenters. The molecule has 0 aliphatic rings.